The molecule has 0 saturated carbocycles. The number of aryl methyl sites for hydroxylation is 1. The van der Waals surface area contributed by atoms with Gasteiger partial charge in [0, 0.05) is 5.69 Å². The molecule has 0 aliphatic carbocycles. The first-order chi connectivity index (χ1) is 12.8. The number of hydrogen-bond acceptors (Lipinski definition) is 2. The molecule has 2 N–H and O–H groups in total. The lowest BCUT2D eigenvalue weighted by Crippen LogP contribution is -2.15. The Kier molecular flexibility index (Phi) is 5.16. The topological polar surface area (TPSA) is 41.1 Å². The molecule has 27 heavy (non-hydrogen) atoms. The number of benzene rings is 3. The highest BCUT2D eigenvalue weighted by molar-refractivity contribution is 6.08. The number of halogens is 3. The average molecular weight is 370 g/mol. The third-order valence-corrected chi connectivity index (χ3v) is 3.98. The van der Waals surface area contributed by atoms with Gasteiger partial charge in [0.1, 0.15) is 0 Å². The van der Waals surface area contributed by atoms with Crippen LogP contribution in [0.25, 0.3) is 0 Å². The van der Waals surface area contributed by atoms with E-state index in [0.29, 0.717) is 11.4 Å². The average Bonchev–Trinajstić information content (AvgIpc) is 2.63. The fourth-order valence-corrected chi connectivity index (χ4v) is 2.61. The molecule has 3 aromatic rings. The van der Waals surface area contributed by atoms with Crippen molar-refractivity contribution >= 4 is 23.0 Å². The van der Waals surface area contributed by atoms with Gasteiger partial charge in [-0.25, -0.2) is 0 Å². The third-order valence-electron chi connectivity index (χ3n) is 3.98. The van der Waals surface area contributed by atoms with Crippen LogP contribution in [0.15, 0.2) is 72.8 Å². The van der Waals surface area contributed by atoms with Crippen LogP contribution in [0.5, 0.6) is 0 Å². The minimum Gasteiger partial charge on any atom is -0.354 e. The molecule has 6 heteroatoms. The highest BCUT2D eigenvalue weighted by Gasteiger charge is 2.33. The minimum atomic E-state index is -4.50. The third kappa shape index (κ3) is 4.47. The van der Waals surface area contributed by atoms with E-state index >= 15 is 0 Å². The fourth-order valence-electron chi connectivity index (χ4n) is 2.61. The molecule has 0 bridgehead atoms. The Morgan fingerprint density at radius 3 is 2.07 bits per heavy atom. The van der Waals surface area contributed by atoms with E-state index in [1.54, 1.807) is 36.4 Å². The summed E-state index contributed by atoms with van der Waals surface area (Å²) in [5.41, 5.74) is 1.29. The molecule has 0 spiro atoms. The van der Waals surface area contributed by atoms with Crippen molar-refractivity contribution in [3.63, 3.8) is 0 Å². The second-order valence-corrected chi connectivity index (χ2v) is 6.03. The first-order valence-corrected chi connectivity index (χ1v) is 8.25. The minimum absolute atomic E-state index is 0.111. The Labute approximate surface area is 154 Å². The lowest BCUT2D eigenvalue weighted by atomic mass is 10.1. The molecule has 1 amide bonds. The van der Waals surface area contributed by atoms with E-state index < -0.39 is 17.6 Å². The van der Waals surface area contributed by atoms with Gasteiger partial charge in [-0.1, -0.05) is 42.0 Å². The largest absolute Gasteiger partial charge is 0.418 e. The standard InChI is InChI=1S/C21H17F3N2O/c1-14-10-12-15(13-11-14)25-20(27)16-6-2-4-8-18(16)26-19-9-5-3-7-17(19)21(22,23)24/h2-13,26H,1H3,(H,25,27). The number of alkyl halides is 3. The van der Waals surface area contributed by atoms with Crippen LogP contribution in [0, 0.1) is 6.92 Å². The molecule has 0 aliphatic heterocycles. The number of rotatable bonds is 4. The van der Waals surface area contributed by atoms with E-state index in [9.17, 15) is 18.0 Å². The molecule has 3 nitrogen and oxygen atoms in total. The number of carbonyl (C=O) groups is 1. The highest BCUT2D eigenvalue weighted by atomic mass is 19.4. The highest BCUT2D eigenvalue weighted by Crippen LogP contribution is 2.36. The van der Waals surface area contributed by atoms with E-state index in [0.717, 1.165) is 11.6 Å². The Morgan fingerprint density at radius 1 is 0.815 bits per heavy atom. The van der Waals surface area contributed by atoms with Crippen molar-refractivity contribution in [3.8, 4) is 0 Å². The predicted octanol–water partition coefficient (Wildman–Crippen LogP) is 6.01. The molecule has 0 fully saturated rings. The maximum Gasteiger partial charge on any atom is 0.418 e. The van der Waals surface area contributed by atoms with E-state index in [4.69, 9.17) is 0 Å². The number of carbonyl (C=O) groups excluding carboxylic acids is 1. The predicted molar refractivity (Wildman–Crippen MR) is 100 cm³/mol. The lowest BCUT2D eigenvalue weighted by molar-refractivity contribution is -0.136. The molecule has 3 rings (SSSR count). The molecule has 0 aromatic heterocycles. The van der Waals surface area contributed by atoms with Crippen molar-refractivity contribution in [2.24, 2.45) is 0 Å². The molecular formula is C21H17F3N2O. The number of hydrogen-bond donors (Lipinski definition) is 2. The number of nitrogens with one attached hydrogen (secondary N) is 2. The monoisotopic (exact) mass is 370 g/mol. The summed E-state index contributed by atoms with van der Waals surface area (Å²) in [7, 11) is 0. The van der Waals surface area contributed by atoms with Gasteiger partial charge in [-0.3, -0.25) is 4.79 Å². The zero-order valence-electron chi connectivity index (χ0n) is 14.5. The SMILES string of the molecule is Cc1ccc(NC(=O)c2ccccc2Nc2ccccc2C(F)(F)F)cc1. The van der Waals surface area contributed by atoms with Crippen LogP contribution >= 0.6 is 0 Å². The molecule has 0 atom stereocenters. The maximum atomic E-state index is 13.2. The van der Waals surface area contributed by atoms with Crippen molar-refractivity contribution in [1.29, 1.82) is 0 Å². The fraction of sp³-hybridized carbons (Fsp3) is 0.0952. The van der Waals surface area contributed by atoms with Crippen LogP contribution in [-0.2, 0) is 6.18 Å². The van der Waals surface area contributed by atoms with Gasteiger partial charge in [-0.15, -0.1) is 0 Å². The zero-order chi connectivity index (χ0) is 19.4. The normalized spacial score (nSPS) is 11.1. The Morgan fingerprint density at radius 2 is 1.41 bits per heavy atom. The van der Waals surface area contributed by atoms with Crippen LogP contribution in [0.2, 0.25) is 0 Å². The van der Waals surface area contributed by atoms with Crippen LogP contribution < -0.4 is 10.6 Å². The Bertz CT molecular complexity index is 950. The second-order valence-electron chi connectivity index (χ2n) is 6.03. The van der Waals surface area contributed by atoms with Gasteiger partial charge in [0.15, 0.2) is 0 Å². The van der Waals surface area contributed by atoms with Crippen LogP contribution in [0.4, 0.5) is 30.2 Å². The number of anilines is 3. The quantitative estimate of drug-likeness (QED) is 0.590. The van der Waals surface area contributed by atoms with Gasteiger partial charge in [-0.05, 0) is 43.3 Å². The summed E-state index contributed by atoms with van der Waals surface area (Å²) in [6.45, 7) is 1.93. The summed E-state index contributed by atoms with van der Waals surface area (Å²) in [5.74, 6) is -0.411. The Balaban J connectivity index is 1.89. The smallest absolute Gasteiger partial charge is 0.354 e. The van der Waals surface area contributed by atoms with Crippen LogP contribution in [0.3, 0.4) is 0 Å². The maximum absolute atomic E-state index is 13.2. The summed E-state index contributed by atoms with van der Waals surface area (Å²) in [6.07, 6.45) is -4.50. The van der Waals surface area contributed by atoms with Gasteiger partial charge < -0.3 is 10.6 Å². The summed E-state index contributed by atoms with van der Waals surface area (Å²) < 4.78 is 39.6. The van der Waals surface area contributed by atoms with E-state index in [1.165, 1.54) is 18.2 Å². The first kappa shape index (κ1) is 18.5. The van der Waals surface area contributed by atoms with Gasteiger partial charge in [0.25, 0.3) is 5.91 Å². The Hall–Kier alpha value is -3.28. The molecule has 138 valence electrons. The van der Waals surface area contributed by atoms with Crippen molar-refractivity contribution in [2.45, 2.75) is 13.1 Å². The van der Waals surface area contributed by atoms with E-state index in [2.05, 4.69) is 10.6 Å². The van der Waals surface area contributed by atoms with Crippen molar-refractivity contribution in [3.05, 3.63) is 89.5 Å². The molecule has 3 aromatic carbocycles. The number of amides is 1. The number of para-hydroxylation sites is 2. The molecular weight excluding hydrogens is 353 g/mol. The summed E-state index contributed by atoms with van der Waals surface area (Å²) >= 11 is 0. The van der Waals surface area contributed by atoms with Crippen LogP contribution in [0.1, 0.15) is 21.5 Å². The van der Waals surface area contributed by atoms with Crippen molar-refractivity contribution in [1.82, 2.24) is 0 Å². The molecule has 0 saturated heterocycles. The van der Waals surface area contributed by atoms with Gasteiger partial charge >= 0.3 is 6.18 Å². The van der Waals surface area contributed by atoms with E-state index in [1.807, 2.05) is 19.1 Å². The summed E-state index contributed by atoms with van der Waals surface area (Å²) in [6, 6.07) is 18.8. The zero-order valence-corrected chi connectivity index (χ0v) is 14.5. The van der Waals surface area contributed by atoms with Gasteiger partial charge in [-0.2, -0.15) is 13.2 Å². The van der Waals surface area contributed by atoms with Crippen molar-refractivity contribution < 1.29 is 18.0 Å². The molecule has 0 radical (unpaired) electrons. The summed E-state index contributed by atoms with van der Waals surface area (Å²) in [4.78, 5) is 12.6. The molecule has 0 heterocycles. The van der Waals surface area contributed by atoms with Crippen molar-refractivity contribution in [2.75, 3.05) is 10.6 Å². The van der Waals surface area contributed by atoms with Gasteiger partial charge in [0.05, 0.1) is 22.5 Å². The molecule has 0 unspecified atom stereocenters. The first-order valence-electron chi connectivity index (χ1n) is 8.25. The van der Waals surface area contributed by atoms with Crippen LogP contribution in [-0.4, -0.2) is 5.91 Å². The molecule has 0 aliphatic rings. The lowest BCUT2D eigenvalue weighted by Gasteiger charge is -2.16. The second kappa shape index (κ2) is 7.53. The van der Waals surface area contributed by atoms with Gasteiger partial charge in [0.2, 0.25) is 0 Å². The van der Waals surface area contributed by atoms with E-state index in [-0.39, 0.29) is 11.3 Å². The summed E-state index contributed by atoms with van der Waals surface area (Å²) in [5, 5.41) is 5.50.